The molecular weight excluding hydrogens is 1580 g/mol. The van der Waals surface area contributed by atoms with Crippen LogP contribution in [-0.2, 0) is 94.9 Å². The Hall–Kier alpha value is -3.51. The van der Waals surface area contributed by atoms with Gasteiger partial charge in [0.2, 0.25) is 6.29 Å². The van der Waals surface area contributed by atoms with Gasteiger partial charge in [0, 0.05) is 12.3 Å². The fourth-order valence-corrected chi connectivity index (χ4v) is 21.2. The maximum absolute atomic E-state index is 16.4. The zero-order valence-electron chi connectivity index (χ0n) is 67.1. The van der Waals surface area contributed by atoms with Crippen LogP contribution >= 0.6 is 0 Å². The molecule has 13 rings (SSSR count). The summed E-state index contributed by atoms with van der Waals surface area (Å²) in [6, 6.07) is 0. The molecule has 5 aliphatic carbocycles. The minimum absolute atomic E-state index is 0.000388. The maximum atomic E-state index is 16.4. The lowest BCUT2D eigenvalue weighted by atomic mass is 9.35. The number of allylic oxidation sites excluding steroid dienone is 3. The van der Waals surface area contributed by atoms with Gasteiger partial charge in [0.25, 0.3) is 0 Å². The molecule has 8 saturated heterocycles. The van der Waals surface area contributed by atoms with Gasteiger partial charge < -0.3 is 188 Å². The Morgan fingerprint density at radius 1 is 0.449 bits per heavy atom. The molecule has 118 heavy (non-hydrogen) atoms. The van der Waals surface area contributed by atoms with E-state index in [1.54, 1.807) is 0 Å². The molecule has 8 aliphatic heterocycles. The molecular formula is C77H120O41. The number of carbonyl (C=O) groups is 3. The second-order valence-corrected chi connectivity index (χ2v) is 36.4. The zero-order chi connectivity index (χ0) is 86.2. The number of carboxylic acids is 1. The standard InChI is InChI=1S/C77H120O41/c1-26-54(111-68-59(42(87)33(83)24-103-68)115-69-58(41(86)32(82)25-104-69)114-63-48(93)40(85)31(81)23-102-63)47(92)51(96)64(105-26)117-61-60(116-66-50(95)46(91)44(89)35(22-79)109-66)55(107-28(3)80)27(2)106-70(61)118-71(101)77-18-17-72(4,5)19-30(77)29-11-12-37-74(8)15-14-39(73(6,7)36(74)13-16-75(37,9)76(29,10)20-38(77)84)110-67-53(98)56(52(97)57(113-67)62(99)100)112-65-49(94)45(90)43(88)34(21-78)108-65/h11,13,26-27,30-35,37-61,63-70,78-79,81-98H,12,14-25H2,1-10H3,(H,99,100)/t26-,27+,30?,31-,32-,33+,34+,35+,37?,38+,39-,40-,41-,42-,43-,44+,45-,46-,47-,48+,49+,50+,51+,52-,53+,54-,55-,56-,57-,58+,59+,60-,61+,63-,64-,65-,66-,67+,68-,69-,70-,74-,75+,76+,77+/m0/s1. The van der Waals surface area contributed by atoms with Gasteiger partial charge >= 0.3 is 17.9 Å². The Bertz CT molecular complexity index is 3550. The molecule has 0 amide bonds. The predicted molar refractivity (Wildman–Crippen MR) is 384 cm³/mol. The van der Waals surface area contributed by atoms with Crippen molar-refractivity contribution in [3.63, 3.8) is 0 Å². The lowest BCUT2D eigenvalue weighted by Crippen LogP contribution is -2.68. The van der Waals surface area contributed by atoms with E-state index in [0.717, 1.165) is 18.1 Å². The molecule has 3 saturated carbocycles. The third-order valence-electron chi connectivity index (χ3n) is 28.2. The number of aliphatic hydroxyl groups is 20. The summed E-state index contributed by atoms with van der Waals surface area (Å²) in [4.78, 5) is 42.3. The van der Waals surface area contributed by atoms with Crippen LogP contribution in [0.15, 0.2) is 23.3 Å². The van der Waals surface area contributed by atoms with Crippen molar-refractivity contribution in [2.24, 2.45) is 44.3 Å². The number of fused-ring (bicyclic) bond motifs is 7. The second-order valence-electron chi connectivity index (χ2n) is 36.4. The molecule has 2 unspecified atom stereocenters. The van der Waals surface area contributed by atoms with E-state index in [-0.39, 0.29) is 18.8 Å². The van der Waals surface area contributed by atoms with Gasteiger partial charge in [0.05, 0.1) is 57.5 Å². The Balaban J connectivity index is 0.771. The van der Waals surface area contributed by atoms with Crippen LogP contribution in [-0.4, -0.2) is 398 Å². The van der Waals surface area contributed by atoms with Gasteiger partial charge in [-0.3, -0.25) is 9.59 Å². The van der Waals surface area contributed by atoms with Gasteiger partial charge in [-0.25, -0.2) is 4.79 Å². The summed E-state index contributed by atoms with van der Waals surface area (Å²) in [7, 11) is 0. The molecule has 41 nitrogen and oxygen atoms in total. The van der Waals surface area contributed by atoms with E-state index in [1.165, 1.54) is 13.8 Å². The molecule has 45 atom stereocenters. The van der Waals surface area contributed by atoms with Gasteiger partial charge in [0.1, 0.15) is 152 Å². The number of aliphatic hydroxyl groups excluding tert-OH is 20. The third kappa shape index (κ3) is 16.3. The Kier molecular flexibility index (Phi) is 27.4. The summed E-state index contributed by atoms with van der Waals surface area (Å²) >= 11 is 0. The highest BCUT2D eigenvalue weighted by Crippen LogP contribution is 2.75. The second kappa shape index (κ2) is 35.0. The first kappa shape index (κ1) is 92.2. The molecule has 0 bridgehead atoms. The molecule has 41 heteroatoms. The first-order valence-corrected chi connectivity index (χ1v) is 40.5. The molecule has 0 aromatic carbocycles. The molecule has 0 spiro atoms. The fourth-order valence-electron chi connectivity index (χ4n) is 21.2. The predicted octanol–water partition coefficient (Wildman–Crippen LogP) is -7.21. The number of hydrogen-bond acceptors (Lipinski definition) is 40. The van der Waals surface area contributed by atoms with Crippen LogP contribution in [0.3, 0.4) is 0 Å². The summed E-state index contributed by atoms with van der Waals surface area (Å²) in [5.41, 5.74) is -3.45. The third-order valence-corrected chi connectivity index (χ3v) is 28.2. The van der Waals surface area contributed by atoms with Crippen LogP contribution in [0.25, 0.3) is 0 Å². The van der Waals surface area contributed by atoms with Crippen LogP contribution in [0.1, 0.15) is 121 Å². The summed E-state index contributed by atoms with van der Waals surface area (Å²) in [6.45, 7) is 14.7. The highest BCUT2D eigenvalue weighted by molar-refractivity contribution is 5.80. The van der Waals surface area contributed by atoms with Crippen molar-refractivity contribution in [2.45, 2.75) is 360 Å². The van der Waals surface area contributed by atoms with E-state index >= 15 is 4.79 Å². The largest absolute Gasteiger partial charge is 0.479 e. The van der Waals surface area contributed by atoms with Crippen molar-refractivity contribution >= 4 is 17.9 Å². The molecule has 0 aromatic heterocycles. The van der Waals surface area contributed by atoms with Crippen molar-refractivity contribution in [2.75, 3.05) is 33.0 Å². The van der Waals surface area contributed by atoms with Crippen LogP contribution in [0.5, 0.6) is 0 Å². The normalized spacial score (nSPS) is 52.7. The van der Waals surface area contributed by atoms with Crippen molar-refractivity contribution in [1.29, 1.82) is 0 Å². The molecule has 13 aliphatic rings. The highest BCUT2D eigenvalue weighted by atomic mass is 16.8. The van der Waals surface area contributed by atoms with E-state index in [4.69, 9.17) is 80.5 Å². The molecule has 0 radical (unpaired) electrons. The fraction of sp³-hybridized carbons (Fsp3) is 0.909. The van der Waals surface area contributed by atoms with Crippen LogP contribution < -0.4 is 0 Å². The Labute approximate surface area is 678 Å². The summed E-state index contributed by atoms with van der Waals surface area (Å²) in [5.74, 6) is -4.52. The van der Waals surface area contributed by atoms with E-state index in [9.17, 15) is 117 Å². The Morgan fingerprint density at radius 2 is 0.932 bits per heavy atom. The van der Waals surface area contributed by atoms with Crippen LogP contribution in [0, 0.1) is 44.3 Å². The molecule has 11 fully saturated rings. The van der Waals surface area contributed by atoms with Gasteiger partial charge in [-0.15, -0.1) is 0 Å². The number of esters is 2. The monoisotopic (exact) mass is 1700 g/mol. The lowest BCUT2D eigenvalue weighted by molar-refractivity contribution is -0.398. The molecule has 8 heterocycles. The van der Waals surface area contributed by atoms with Gasteiger partial charge in [-0.1, -0.05) is 71.8 Å². The average Bonchev–Trinajstić information content (AvgIpc) is 0.669. The van der Waals surface area contributed by atoms with E-state index in [0.29, 0.717) is 38.5 Å². The van der Waals surface area contributed by atoms with E-state index in [1.807, 2.05) is 13.8 Å². The molecule has 674 valence electrons. The topological polar surface area (TPSA) is 633 Å². The smallest absolute Gasteiger partial charge is 0.335 e. The van der Waals surface area contributed by atoms with Gasteiger partial charge in [-0.2, -0.15) is 0 Å². The first-order chi connectivity index (χ1) is 55.3. The highest BCUT2D eigenvalue weighted by Gasteiger charge is 2.72. The average molecular weight is 1700 g/mol. The number of carbonyl (C=O) groups excluding carboxylic acids is 2. The quantitative estimate of drug-likeness (QED) is 0.0398. The van der Waals surface area contributed by atoms with Crippen LogP contribution in [0.2, 0.25) is 0 Å². The molecule has 0 aromatic rings. The minimum Gasteiger partial charge on any atom is -0.479 e. The minimum atomic E-state index is -2.25. The Morgan fingerprint density at radius 3 is 1.50 bits per heavy atom. The summed E-state index contributed by atoms with van der Waals surface area (Å²) in [6.07, 6.45) is -64.2. The van der Waals surface area contributed by atoms with Crippen molar-refractivity contribution in [3.05, 3.63) is 23.3 Å². The number of aliphatic carboxylic acids is 1. The van der Waals surface area contributed by atoms with Crippen molar-refractivity contribution < 1.29 is 202 Å². The van der Waals surface area contributed by atoms with Gasteiger partial charge in [0.15, 0.2) is 62.3 Å². The van der Waals surface area contributed by atoms with E-state index < -0.39 is 329 Å². The number of carboxylic acid groups (broad SMARTS) is 1. The van der Waals surface area contributed by atoms with Gasteiger partial charge in [-0.05, 0) is 98.7 Å². The molecule has 21 N–H and O–H groups in total. The number of hydrogen-bond donors (Lipinski definition) is 21. The number of rotatable bonds is 20. The summed E-state index contributed by atoms with van der Waals surface area (Å²) in [5, 5.41) is 233. The summed E-state index contributed by atoms with van der Waals surface area (Å²) < 4.78 is 103. The van der Waals surface area contributed by atoms with Crippen molar-refractivity contribution in [3.8, 4) is 0 Å². The lowest BCUT2D eigenvalue weighted by Gasteiger charge is -2.69. The zero-order valence-corrected chi connectivity index (χ0v) is 67.1. The maximum Gasteiger partial charge on any atom is 0.335 e. The van der Waals surface area contributed by atoms with Crippen molar-refractivity contribution in [1.82, 2.24) is 0 Å². The SMILES string of the molecule is CC(=O)O[C@@H]1[C@H](O[C@@H]2O[C@H](CO)[C@@H](O)[C@H](O)[C@H]2O)[C@@H](O[C@@H]2O[C@@H](C)[C@H](O[C@@H]3OC[C@@H](O)[C@H](O)[C@H]3O[C@@H]3OC[C@H](O)[C@H](O)[C@H]3O[C@@H]3OC[C@H](O)[C@H](O)[C@H]3O)[C@@H](O)[C@H]2O)[C@H](OC(=O)[C@]23CCC(C)(C)CC2C2=CCC4[C@@]5(C)CC[C@H](O[C@@H]6O[C@H](C(=O)O)[C@@H](O)[C@H](O[C@@H]7O[C@H](CO)[C@H](O)[C@H](O)[C@H]7O)[C@H]6O)C(C)(C)C5=CC[C@@]4(C)[C@]2(C)C[C@H]3O)O[C@@H]1C. The number of ether oxygens (including phenoxy) is 17. The first-order valence-electron chi connectivity index (χ1n) is 40.5. The van der Waals surface area contributed by atoms with Crippen LogP contribution in [0.4, 0.5) is 0 Å². The van der Waals surface area contributed by atoms with E-state index in [2.05, 4.69) is 46.8 Å².